The number of anilines is 1. The molecule has 0 radical (unpaired) electrons. The number of carbonyl (C=O) groups excluding carboxylic acids is 4. The molecule has 1 aliphatic rings. The Balaban J connectivity index is 2.02. The Morgan fingerprint density at radius 1 is 1.30 bits per heavy atom. The average Bonchev–Trinajstić information content (AvgIpc) is 2.97. The van der Waals surface area contributed by atoms with E-state index >= 15 is 0 Å². The highest BCUT2D eigenvalue weighted by molar-refractivity contribution is 6.20. The van der Waals surface area contributed by atoms with Gasteiger partial charge < -0.3 is 10.1 Å². The summed E-state index contributed by atoms with van der Waals surface area (Å²) in [5, 5.41) is 11.7. The molecule has 0 bridgehead atoms. The van der Waals surface area contributed by atoms with Gasteiger partial charge in [0.2, 0.25) is 11.8 Å². The molecule has 1 aromatic carbocycles. The van der Waals surface area contributed by atoms with Crippen molar-refractivity contribution >= 4 is 29.4 Å². The first-order chi connectivity index (χ1) is 12.7. The fraction of sp³-hybridized carbons (Fsp3) is 0.421. The maximum absolute atomic E-state index is 12.2. The molecule has 2 rings (SSSR count). The number of amides is 3. The largest absolute Gasteiger partial charge is 0.452 e. The summed E-state index contributed by atoms with van der Waals surface area (Å²) in [6.45, 7) is 4.63. The van der Waals surface area contributed by atoms with Crippen molar-refractivity contribution in [2.75, 3.05) is 11.5 Å². The first kappa shape index (κ1) is 20.1. The molecule has 8 heteroatoms. The van der Waals surface area contributed by atoms with Gasteiger partial charge in [-0.1, -0.05) is 19.9 Å². The van der Waals surface area contributed by atoms with Crippen LogP contribution >= 0.6 is 0 Å². The van der Waals surface area contributed by atoms with E-state index in [1.165, 1.54) is 18.2 Å². The van der Waals surface area contributed by atoms with Crippen LogP contribution in [0.2, 0.25) is 0 Å². The summed E-state index contributed by atoms with van der Waals surface area (Å²) in [5.41, 5.74) is -0.669. The van der Waals surface area contributed by atoms with Crippen molar-refractivity contribution < 1.29 is 23.9 Å². The summed E-state index contributed by atoms with van der Waals surface area (Å²) in [5.74, 6) is -2.14. The van der Waals surface area contributed by atoms with Gasteiger partial charge in [0.1, 0.15) is 5.54 Å². The fourth-order valence-corrected chi connectivity index (χ4v) is 2.48. The van der Waals surface area contributed by atoms with E-state index in [2.05, 4.69) is 5.32 Å². The van der Waals surface area contributed by atoms with E-state index in [1.807, 2.05) is 6.07 Å². The molecule has 0 unspecified atom stereocenters. The third kappa shape index (κ3) is 4.50. The monoisotopic (exact) mass is 371 g/mol. The van der Waals surface area contributed by atoms with Crippen LogP contribution in [0.5, 0.6) is 0 Å². The standard InChI is InChI=1S/C19H21N3O5/c1-12(2)19(3,11-20)21-15(23)10-27-18(26)13-5-4-6-14(9-13)22-16(24)7-8-17(22)25/h4-6,9,12H,7-8,10H2,1-3H3,(H,21,23)/t19-/m1/s1. The van der Waals surface area contributed by atoms with Gasteiger partial charge in [-0.25, -0.2) is 4.79 Å². The Morgan fingerprint density at radius 2 is 1.93 bits per heavy atom. The zero-order valence-corrected chi connectivity index (χ0v) is 15.4. The number of nitriles is 1. The smallest absolute Gasteiger partial charge is 0.338 e. The van der Waals surface area contributed by atoms with Crippen LogP contribution in [0.25, 0.3) is 0 Å². The number of hydrogen-bond donors (Lipinski definition) is 1. The van der Waals surface area contributed by atoms with Gasteiger partial charge in [-0.15, -0.1) is 0 Å². The van der Waals surface area contributed by atoms with Crippen molar-refractivity contribution in [1.29, 1.82) is 5.26 Å². The Hall–Kier alpha value is -3.21. The van der Waals surface area contributed by atoms with Gasteiger partial charge in [0.05, 0.1) is 17.3 Å². The van der Waals surface area contributed by atoms with E-state index in [1.54, 1.807) is 26.8 Å². The topological polar surface area (TPSA) is 117 Å². The molecule has 1 aliphatic heterocycles. The van der Waals surface area contributed by atoms with E-state index in [9.17, 15) is 24.4 Å². The van der Waals surface area contributed by atoms with Crippen molar-refractivity contribution in [3.8, 4) is 6.07 Å². The van der Waals surface area contributed by atoms with Crippen molar-refractivity contribution in [2.45, 2.75) is 39.2 Å². The third-order valence-corrected chi connectivity index (χ3v) is 4.51. The van der Waals surface area contributed by atoms with Gasteiger partial charge in [0, 0.05) is 12.8 Å². The Morgan fingerprint density at radius 3 is 2.48 bits per heavy atom. The van der Waals surface area contributed by atoms with Crippen molar-refractivity contribution in [1.82, 2.24) is 5.32 Å². The molecule has 0 saturated carbocycles. The average molecular weight is 371 g/mol. The van der Waals surface area contributed by atoms with Crippen LogP contribution < -0.4 is 10.2 Å². The highest BCUT2D eigenvalue weighted by Gasteiger charge is 2.31. The maximum atomic E-state index is 12.2. The summed E-state index contributed by atoms with van der Waals surface area (Å²) >= 11 is 0. The summed E-state index contributed by atoms with van der Waals surface area (Å²) in [4.78, 5) is 48.8. The SMILES string of the molecule is CC(C)[C@@](C)(C#N)NC(=O)COC(=O)c1cccc(N2C(=O)CCC2=O)c1. The van der Waals surface area contributed by atoms with E-state index in [0.29, 0.717) is 5.69 Å². The predicted molar refractivity (Wildman–Crippen MR) is 95.5 cm³/mol. The minimum atomic E-state index is -1.07. The first-order valence-corrected chi connectivity index (χ1v) is 8.53. The van der Waals surface area contributed by atoms with E-state index < -0.39 is 24.0 Å². The number of benzene rings is 1. The van der Waals surface area contributed by atoms with Crippen LogP contribution in [-0.2, 0) is 19.1 Å². The van der Waals surface area contributed by atoms with Crippen molar-refractivity contribution in [3.05, 3.63) is 29.8 Å². The zero-order valence-electron chi connectivity index (χ0n) is 15.4. The second-order valence-electron chi connectivity index (χ2n) is 6.77. The first-order valence-electron chi connectivity index (χ1n) is 8.53. The number of nitrogens with one attached hydrogen (secondary N) is 1. The lowest BCUT2D eigenvalue weighted by Gasteiger charge is -2.27. The Kier molecular flexibility index (Phi) is 5.95. The predicted octanol–water partition coefficient (Wildman–Crippen LogP) is 1.55. The van der Waals surface area contributed by atoms with E-state index in [0.717, 1.165) is 4.90 Å². The van der Waals surface area contributed by atoms with Crippen LogP contribution in [0.3, 0.4) is 0 Å². The second kappa shape index (κ2) is 7.99. The number of hydrogen-bond acceptors (Lipinski definition) is 6. The quantitative estimate of drug-likeness (QED) is 0.599. The summed E-state index contributed by atoms with van der Waals surface area (Å²) in [7, 11) is 0. The number of rotatable bonds is 6. The molecule has 1 fully saturated rings. The van der Waals surface area contributed by atoms with Gasteiger partial charge in [0.25, 0.3) is 5.91 Å². The normalized spacial score (nSPS) is 16.0. The second-order valence-corrected chi connectivity index (χ2v) is 6.77. The minimum absolute atomic E-state index is 0.111. The highest BCUT2D eigenvalue weighted by atomic mass is 16.5. The number of imide groups is 1. The molecule has 142 valence electrons. The van der Waals surface area contributed by atoms with Crippen LogP contribution in [0.1, 0.15) is 44.0 Å². The number of nitrogens with zero attached hydrogens (tertiary/aromatic N) is 2. The number of esters is 1. The zero-order chi connectivity index (χ0) is 20.2. The molecular formula is C19H21N3O5. The van der Waals surface area contributed by atoms with Crippen LogP contribution in [-0.4, -0.2) is 35.8 Å². The summed E-state index contributed by atoms with van der Waals surface area (Å²) in [6.07, 6.45) is 0.280. The van der Waals surface area contributed by atoms with Crippen molar-refractivity contribution in [3.63, 3.8) is 0 Å². The third-order valence-electron chi connectivity index (χ3n) is 4.51. The lowest BCUT2D eigenvalue weighted by molar-refractivity contribution is -0.126. The van der Waals surface area contributed by atoms with Crippen LogP contribution in [0.4, 0.5) is 5.69 Å². The minimum Gasteiger partial charge on any atom is -0.452 e. The van der Waals surface area contributed by atoms with Gasteiger partial charge >= 0.3 is 5.97 Å². The molecule has 1 N–H and O–H groups in total. The highest BCUT2D eigenvalue weighted by Crippen LogP contribution is 2.23. The molecular weight excluding hydrogens is 350 g/mol. The lowest BCUT2D eigenvalue weighted by Crippen LogP contribution is -2.50. The molecule has 1 heterocycles. The van der Waals surface area contributed by atoms with E-state index in [4.69, 9.17) is 4.74 Å². The van der Waals surface area contributed by atoms with Crippen molar-refractivity contribution in [2.24, 2.45) is 5.92 Å². The molecule has 1 aromatic rings. The number of carbonyl (C=O) groups is 4. The molecule has 27 heavy (non-hydrogen) atoms. The van der Waals surface area contributed by atoms with Gasteiger partial charge in [-0.2, -0.15) is 5.26 Å². The molecule has 0 aliphatic carbocycles. The Labute approximate surface area is 157 Å². The number of ether oxygens (including phenoxy) is 1. The molecule has 0 aromatic heterocycles. The summed E-state index contributed by atoms with van der Waals surface area (Å²) < 4.78 is 4.98. The van der Waals surface area contributed by atoms with Gasteiger partial charge in [-0.3, -0.25) is 19.3 Å². The molecule has 0 spiro atoms. The van der Waals surface area contributed by atoms with Crippen LogP contribution in [0, 0.1) is 17.2 Å². The maximum Gasteiger partial charge on any atom is 0.338 e. The lowest BCUT2D eigenvalue weighted by atomic mass is 9.90. The molecule has 3 amide bonds. The molecule has 1 saturated heterocycles. The fourth-order valence-electron chi connectivity index (χ4n) is 2.48. The van der Waals surface area contributed by atoms with E-state index in [-0.39, 0.29) is 36.1 Å². The summed E-state index contributed by atoms with van der Waals surface area (Å²) in [6, 6.07) is 7.94. The Bertz CT molecular complexity index is 811. The van der Waals surface area contributed by atoms with Gasteiger partial charge in [0.15, 0.2) is 6.61 Å². The molecule has 1 atom stereocenters. The molecule has 8 nitrogen and oxygen atoms in total. The van der Waals surface area contributed by atoms with Crippen LogP contribution in [0.15, 0.2) is 24.3 Å². The van der Waals surface area contributed by atoms with Gasteiger partial charge in [-0.05, 0) is 31.0 Å².